The van der Waals surface area contributed by atoms with Crippen molar-refractivity contribution in [1.82, 2.24) is 0 Å². The van der Waals surface area contributed by atoms with Crippen LogP contribution in [0.2, 0.25) is 4.13 Å². The normalized spacial score (nSPS) is 20.9. The van der Waals surface area contributed by atoms with Crippen LogP contribution in [0.5, 0.6) is 0 Å². The molecule has 48 heavy (non-hydrogen) atoms. The van der Waals surface area contributed by atoms with Crippen LogP contribution >= 0.6 is 0 Å². The van der Waals surface area contributed by atoms with Crippen molar-refractivity contribution in [1.29, 1.82) is 0 Å². The van der Waals surface area contributed by atoms with Crippen molar-refractivity contribution >= 4 is 18.6 Å². The van der Waals surface area contributed by atoms with Gasteiger partial charge in [0.1, 0.15) is 0 Å². The summed E-state index contributed by atoms with van der Waals surface area (Å²) >= 11 is -4.54. The van der Waals surface area contributed by atoms with Crippen LogP contribution in [0.4, 0.5) is 0 Å². The predicted molar refractivity (Wildman–Crippen MR) is 209 cm³/mol. The van der Waals surface area contributed by atoms with Crippen LogP contribution in [-0.2, 0) is 35.5 Å². The van der Waals surface area contributed by atoms with E-state index in [4.69, 9.17) is 4.21 Å². The number of hydrogen-bond donors (Lipinski definition) is 0. The Kier molecular flexibility index (Phi) is 7.54. The number of rotatable bonds is 6. The van der Waals surface area contributed by atoms with E-state index in [1.165, 1.54) is 58.9 Å². The van der Waals surface area contributed by atoms with Gasteiger partial charge in [0.15, 0.2) is 0 Å². The van der Waals surface area contributed by atoms with Crippen LogP contribution in [0, 0.1) is 11.3 Å². The first-order valence-electron chi connectivity index (χ1n) is 18.8. The van der Waals surface area contributed by atoms with Gasteiger partial charge in [-0.2, -0.15) is 0 Å². The zero-order valence-electron chi connectivity index (χ0n) is 32.0. The number of allylic oxidation sites excluding steroid dienone is 8. The van der Waals surface area contributed by atoms with Crippen LogP contribution in [0.3, 0.4) is 0 Å². The van der Waals surface area contributed by atoms with Crippen LogP contribution < -0.4 is 3.27 Å². The van der Waals surface area contributed by atoms with Gasteiger partial charge in [0.05, 0.1) is 0 Å². The predicted octanol–water partition coefficient (Wildman–Crippen LogP) is 12.5. The van der Waals surface area contributed by atoms with Crippen molar-refractivity contribution in [2.24, 2.45) is 11.3 Å². The molecule has 4 aliphatic rings. The fourth-order valence-corrected chi connectivity index (χ4v) is 30.9. The molecule has 0 N–H and O–H groups in total. The molecule has 1 heteroatoms. The molecule has 0 heterocycles. The quantitative estimate of drug-likeness (QED) is 0.187. The molecule has 0 fully saturated rings. The summed E-state index contributed by atoms with van der Waals surface area (Å²) in [5.74, 6) is 0.441. The minimum absolute atomic E-state index is 0.0991. The van der Waals surface area contributed by atoms with Crippen molar-refractivity contribution in [2.45, 2.75) is 117 Å². The van der Waals surface area contributed by atoms with E-state index in [0.717, 1.165) is 23.4 Å². The van der Waals surface area contributed by atoms with Crippen molar-refractivity contribution in [3.8, 4) is 11.1 Å². The first-order chi connectivity index (χ1) is 22.4. The second-order valence-corrected chi connectivity index (χ2v) is 32.0. The SMILES string of the molecule is [CH2]=[Zr]([CH2]C)([C]1=C(CC)C(C(C)(C)C)=CC1CC)([C]1=C(C)c2cc3c(cc2C1(C)C)Cc1cc2c(cc1-3)C(C)=CC2(C)C)[c]1ccccc1. The number of hydrogen-bond acceptors (Lipinski definition) is 0. The van der Waals surface area contributed by atoms with Crippen molar-refractivity contribution in [3.05, 3.63) is 118 Å². The molecule has 0 aromatic heterocycles. The summed E-state index contributed by atoms with van der Waals surface area (Å²) in [7, 11) is 0. The van der Waals surface area contributed by atoms with Gasteiger partial charge in [-0.05, 0) is 0 Å². The summed E-state index contributed by atoms with van der Waals surface area (Å²) in [6.45, 7) is 29.2. The van der Waals surface area contributed by atoms with Crippen molar-refractivity contribution in [2.75, 3.05) is 0 Å². The van der Waals surface area contributed by atoms with Crippen LogP contribution in [0.25, 0.3) is 22.3 Å². The Morgan fingerprint density at radius 2 is 1.42 bits per heavy atom. The maximum atomic E-state index is 5.83. The van der Waals surface area contributed by atoms with E-state index >= 15 is 0 Å². The summed E-state index contributed by atoms with van der Waals surface area (Å²) in [5.41, 5.74) is 18.0. The fraction of sp³-hybridized carbons (Fsp3) is 0.426. The molecule has 0 aliphatic heterocycles. The molecule has 4 aliphatic carbocycles. The van der Waals surface area contributed by atoms with Gasteiger partial charge in [0.2, 0.25) is 0 Å². The summed E-state index contributed by atoms with van der Waals surface area (Å²) in [5, 5.41) is 0. The van der Waals surface area contributed by atoms with Crippen molar-refractivity contribution < 1.29 is 18.3 Å². The number of fused-ring (bicyclic) bond motifs is 5. The van der Waals surface area contributed by atoms with Crippen molar-refractivity contribution in [3.63, 3.8) is 0 Å². The maximum absolute atomic E-state index is 5.83. The molecular formula is C47H58Zr. The molecule has 0 saturated heterocycles. The monoisotopic (exact) mass is 712 g/mol. The first-order valence-corrected chi connectivity index (χ1v) is 25.9. The molecule has 0 saturated carbocycles. The molecule has 3 aromatic rings. The Balaban J connectivity index is 1.53. The summed E-state index contributed by atoms with van der Waals surface area (Å²) < 4.78 is 11.9. The van der Waals surface area contributed by atoms with E-state index in [9.17, 15) is 0 Å². The van der Waals surface area contributed by atoms with Gasteiger partial charge in [-0.15, -0.1) is 0 Å². The summed E-state index contributed by atoms with van der Waals surface area (Å²) in [6.07, 6.45) is 8.36. The average molecular weight is 714 g/mol. The van der Waals surface area contributed by atoms with Crippen LogP contribution in [0.1, 0.15) is 129 Å². The van der Waals surface area contributed by atoms with E-state index in [1.807, 2.05) is 0 Å². The van der Waals surface area contributed by atoms with Crippen LogP contribution in [-0.4, -0.2) is 4.21 Å². The third-order valence-electron chi connectivity index (χ3n) is 13.4. The van der Waals surface area contributed by atoms with Gasteiger partial charge in [-0.1, -0.05) is 0 Å². The van der Waals surface area contributed by atoms with Gasteiger partial charge in [-0.25, -0.2) is 0 Å². The minimum atomic E-state index is -4.54. The average Bonchev–Trinajstić information content (AvgIpc) is 3.72. The molecule has 0 radical (unpaired) electrons. The van der Waals surface area contributed by atoms with E-state index in [-0.39, 0.29) is 16.2 Å². The van der Waals surface area contributed by atoms with Gasteiger partial charge in [0, 0.05) is 0 Å². The zero-order valence-corrected chi connectivity index (χ0v) is 34.4. The summed E-state index contributed by atoms with van der Waals surface area (Å²) in [4.78, 5) is 0. The molecule has 1 atom stereocenters. The Labute approximate surface area is 292 Å². The number of benzene rings is 3. The van der Waals surface area contributed by atoms with Gasteiger partial charge in [0.25, 0.3) is 0 Å². The molecular weight excluding hydrogens is 656 g/mol. The Bertz CT molecular complexity index is 2090. The first kappa shape index (κ1) is 33.9. The van der Waals surface area contributed by atoms with Gasteiger partial charge >= 0.3 is 295 Å². The Morgan fingerprint density at radius 1 is 0.812 bits per heavy atom. The second-order valence-electron chi connectivity index (χ2n) is 18.0. The molecule has 0 bridgehead atoms. The zero-order chi connectivity index (χ0) is 34.8. The third-order valence-corrected chi connectivity index (χ3v) is 31.8. The molecule has 3 aromatic carbocycles. The molecule has 0 nitrogen and oxygen atoms in total. The third kappa shape index (κ3) is 4.31. The van der Waals surface area contributed by atoms with E-state index in [1.54, 1.807) is 17.7 Å². The van der Waals surface area contributed by atoms with Gasteiger partial charge in [-0.3, -0.25) is 0 Å². The Hall–Kier alpha value is -2.63. The van der Waals surface area contributed by atoms with Crippen LogP contribution in [0.15, 0.2) is 84.5 Å². The fourth-order valence-electron chi connectivity index (χ4n) is 11.4. The molecule has 7 rings (SSSR count). The van der Waals surface area contributed by atoms with Gasteiger partial charge < -0.3 is 0 Å². The molecule has 0 spiro atoms. The standard InChI is InChI=1S/C25H25.C13H21.C6H5.C2H5.CH2.Zr/c1-14-12-24(3,4)22-8-16-7-17-9-23-19(15(2)13-25(23,5)6)11-21(17)20(16)10-18(14)22;1-6-10-8-11(7-2)12(9-10)13(3,4)5;1-2-4-6-5-3-1;1-2;;/h8-12H,7H2,1-6H3;9-10H,6-7H2,1-5H3;1-5H;1H2,2H3;1H2;. The van der Waals surface area contributed by atoms with E-state index < -0.39 is 18.3 Å². The molecule has 0 amide bonds. The Morgan fingerprint density at radius 3 is 1.98 bits per heavy atom. The van der Waals surface area contributed by atoms with E-state index in [2.05, 4.69) is 150 Å². The topological polar surface area (TPSA) is 0 Å². The second kappa shape index (κ2) is 10.7. The summed E-state index contributed by atoms with van der Waals surface area (Å²) in [6, 6.07) is 22.0. The molecule has 250 valence electrons. The molecule has 1 unspecified atom stereocenters. The van der Waals surface area contributed by atoms with E-state index in [0.29, 0.717) is 5.92 Å².